The minimum Gasteiger partial charge on any atom is -0.412 e. The molecule has 0 aliphatic rings. The highest BCUT2D eigenvalue weighted by Crippen LogP contribution is 2.05. The summed E-state index contributed by atoms with van der Waals surface area (Å²) in [5.74, 6) is -0.725. The van der Waals surface area contributed by atoms with Gasteiger partial charge in [-0.1, -0.05) is 0 Å². The second-order valence-electron chi connectivity index (χ2n) is 2.79. The maximum atomic E-state index is 10.5. The van der Waals surface area contributed by atoms with Crippen molar-refractivity contribution in [3.8, 4) is 0 Å². The monoisotopic (exact) mass is 230 g/mol. The number of rotatable bonds is 5. The Bertz CT molecular complexity index is 172. The summed E-state index contributed by atoms with van der Waals surface area (Å²) >= 11 is 0. The molecule has 0 amide bonds. The normalized spacial score (nSPS) is 17.7. The topological polar surface area (TPSA) is 181 Å². The molecule has 0 heterocycles. The molecule has 0 aliphatic heterocycles. The van der Waals surface area contributed by atoms with Crippen LogP contribution in [0.5, 0.6) is 0 Å². The van der Waals surface area contributed by atoms with Crippen LogP contribution in [0.25, 0.3) is 0 Å². The minimum atomic E-state index is -1.79. The van der Waals surface area contributed by atoms with Gasteiger partial charge in [-0.25, -0.2) is 0 Å². The Kier molecular flexibility index (Phi) is 11.5. The zero-order chi connectivity index (χ0) is 10.6. The molecule has 0 saturated carbocycles. The number of ketones is 1. The second-order valence-corrected chi connectivity index (χ2v) is 2.79. The summed E-state index contributed by atoms with van der Waals surface area (Å²) in [7, 11) is 0. The zero-order valence-electron chi connectivity index (χ0n) is 8.16. The third-order valence-electron chi connectivity index (χ3n) is 1.67. The lowest BCUT2D eigenvalue weighted by molar-refractivity contribution is -0.145. The van der Waals surface area contributed by atoms with E-state index in [1.807, 2.05) is 0 Å². The van der Waals surface area contributed by atoms with Crippen molar-refractivity contribution in [1.29, 1.82) is 0 Å². The summed E-state index contributed by atoms with van der Waals surface area (Å²) in [6.07, 6.45) is -6.87. The molecular weight excluding hydrogens is 212 g/mol. The van der Waals surface area contributed by atoms with Crippen LogP contribution in [0.3, 0.4) is 0 Å². The third kappa shape index (κ3) is 5.74. The van der Waals surface area contributed by atoms with Gasteiger partial charge in [0.05, 0.1) is 6.61 Å². The standard InChI is InChI=1S/C7H14O6.2H2O/c1-3(9)5(11)7(13)6(12)4(10)2-8;;/h4-8,10-13H,2H2,1H3;2*1H2/t4-,5+,6-,7-;;/m1../s1. The molecule has 0 fully saturated rings. The fourth-order valence-electron chi connectivity index (χ4n) is 0.763. The molecule has 15 heavy (non-hydrogen) atoms. The second kappa shape index (κ2) is 8.68. The first-order valence-electron chi connectivity index (χ1n) is 3.75. The van der Waals surface area contributed by atoms with Gasteiger partial charge in [0.15, 0.2) is 5.78 Å². The molecule has 0 bridgehead atoms. The van der Waals surface area contributed by atoms with Gasteiger partial charge in [-0.15, -0.1) is 0 Å². The highest BCUT2D eigenvalue weighted by atomic mass is 16.4. The van der Waals surface area contributed by atoms with Gasteiger partial charge in [0.1, 0.15) is 24.4 Å². The predicted molar refractivity (Wildman–Crippen MR) is 49.0 cm³/mol. The molecule has 0 radical (unpaired) electrons. The van der Waals surface area contributed by atoms with Crippen LogP contribution in [0.1, 0.15) is 6.92 Å². The van der Waals surface area contributed by atoms with Gasteiger partial charge in [-0.05, 0) is 6.92 Å². The van der Waals surface area contributed by atoms with Crippen LogP contribution in [-0.2, 0) is 4.79 Å². The molecule has 94 valence electrons. The van der Waals surface area contributed by atoms with Gasteiger partial charge in [0.25, 0.3) is 0 Å². The Morgan fingerprint density at radius 2 is 1.47 bits per heavy atom. The largest absolute Gasteiger partial charge is 0.412 e. The Morgan fingerprint density at radius 1 is 1.07 bits per heavy atom. The molecule has 8 heteroatoms. The molecule has 0 aromatic heterocycles. The summed E-state index contributed by atoms with van der Waals surface area (Å²) in [6.45, 7) is 0.273. The van der Waals surface area contributed by atoms with Crippen LogP contribution >= 0.6 is 0 Å². The summed E-state index contributed by atoms with van der Waals surface area (Å²) in [5.41, 5.74) is 0. The number of aliphatic hydroxyl groups is 5. The predicted octanol–water partition coefficient (Wildman–Crippen LogP) is -4.64. The van der Waals surface area contributed by atoms with E-state index >= 15 is 0 Å². The van der Waals surface area contributed by atoms with Crippen LogP contribution in [0.2, 0.25) is 0 Å². The molecule has 0 saturated heterocycles. The summed E-state index contributed by atoms with van der Waals surface area (Å²) in [4.78, 5) is 10.5. The maximum Gasteiger partial charge on any atom is 0.160 e. The molecule has 0 aliphatic carbocycles. The summed E-state index contributed by atoms with van der Waals surface area (Å²) in [5, 5.41) is 44.3. The highest BCUT2D eigenvalue weighted by molar-refractivity contribution is 5.80. The molecule has 0 aromatic carbocycles. The Hall–Kier alpha value is -0.610. The first-order valence-corrected chi connectivity index (χ1v) is 3.75. The van der Waals surface area contributed by atoms with Crippen molar-refractivity contribution in [3.05, 3.63) is 0 Å². The summed E-state index contributed by atoms with van der Waals surface area (Å²) < 4.78 is 0. The van der Waals surface area contributed by atoms with E-state index in [0.29, 0.717) is 0 Å². The van der Waals surface area contributed by atoms with Crippen molar-refractivity contribution in [1.82, 2.24) is 0 Å². The van der Waals surface area contributed by atoms with E-state index in [4.69, 9.17) is 25.5 Å². The lowest BCUT2D eigenvalue weighted by atomic mass is 10.0. The van der Waals surface area contributed by atoms with E-state index in [1.54, 1.807) is 0 Å². The highest BCUT2D eigenvalue weighted by Gasteiger charge is 2.32. The molecule has 0 spiro atoms. The zero-order valence-corrected chi connectivity index (χ0v) is 8.16. The van der Waals surface area contributed by atoms with E-state index < -0.39 is 36.8 Å². The van der Waals surface area contributed by atoms with Crippen molar-refractivity contribution < 1.29 is 41.3 Å². The fourth-order valence-corrected chi connectivity index (χ4v) is 0.763. The van der Waals surface area contributed by atoms with E-state index in [0.717, 1.165) is 6.92 Å². The number of aliphatic hydroxyl groups excluding tert-OH is 5. The molecular formula is C7H18O8. The number of carbonyl (C=O) groups excluding carboxylic acids is 1. The molecule has 0 rings (SSSR count). The average Bonchev–Trinajstić information content (AvgIpc) is 2.12. The van der Waals surface area contributed by atoms with Crippen molar-refractivity contribution in [2.24, 2.45) is 0 Å². The number of carbonyl (C=O) groups is 1. The first-order chi connectivity index (χ1) is 5.91. The first kappa shape index (κ1) is 19.9. The number of hydrogen-bond donors (Lipinski definition) is 5. The molecule has 4 atom stereocenters. The van der Waals surface area contributed by atoms with Crippen molar-refractivity contribution in [3.63, 3.8) is 0 Å². The van der Waals surface area contributed by atoms with Crippen LogP contribution in [0.4, 0.5) is 0 Å². The van der Waals surface area contributed by atoms with Gasteiger partial charge in [-0.3, -0.25) is 4.79 Å². The van der Waals surface area contributed by atoms with Crippen LogP contribution < -0.4 is 0 Å². The Morgan fingerprint density at radius 3 is 1.73 bits per heavy atom. The van der Waals surface area contributed by atoms with E-state index in [-0.39, 0.29) is 11.0 Å². The van der Waals surface area contributed by atoms with Crippen LogP contribution in [-0.4, -0.2) is 73.3 Å². The SMILES string of the molecule is CC(=O)[C@H](O)[C@@H](O)[C@H](O)[C@H](O)CO.O.O. The summed E-state index contributed by atoms with van der Waals surface area (Å²) in [6, 6.07) is 0. The van der Waals surface area contributed by atoms with Gasteiger partial charge >= 0.3 is 0 Å². The van der Waals surface area contributed by atoms with Crippen LogP contribution in [0, 0.1) is 0 Å². The average molecular weight is 230 g/mol. The van der Waals surface area contributed by atoms with Gasteiger partial charge < -0.3 is 36.5 Å². The van der Waals surface area contributed by atoms with Crippen LogP contribution in [0.15, 0.2) is 0 Å². The van der Waals surface area contributed by atoms with Gasteiger partial charge in [0, 0.05) is 0 Å². The Balaban J connectivity index is -0.000000720. The number of hydrogen-bond acceptors (Lipinski definition) is 6. The molecule has 8 nitrogen and oxygen atoms in total. The van der Waals surface area contributed by atoms with E-state index in [9.17, 15) is 4.79 Å². The molecule has 0 aromatic rings. The minimum absolute atomic E-state index is 0. The lowest BCUT2D eigenvalue weighted by Gasteiger charge is -2.23. The van der Waals surface area contributed by atoms with E-state index in [1.165, 1.54) is 0 Å². The molecule has 0 unspecified atom stereocenters. The maximum absolute atomic E-state index is 10.5. The van der Waals surface area contributed by atoms with Crippen molar-refractivity contribution in [2.45, 2.75) is 31.3 Å². The number of Topliss-reactive ketones (excluding diaryl/α,β-unsaturated/α-hetero) is 1. The fraction of sp³-hybridized carbons (Fsp3) is 0.857. The van der Waals surface area contributed by atoms with Gasteiger partial charge in [-0.2, -0.15) is 0 Å². The van der Waals surface area contributed by atoms with Crippen molar-refractivity contribution in [2.75, 3.05) is 6.61 Å². The quantitative estimate of drug-likeness (QED) is 0.316. The Labute approximate surface area is 86.0 Å². The smallest absolute Gasteiger partial charge is 0.160 e. The van der Waals surface area contributed by atoms with Crippen molar-refractivity contribution >= 4 is 5.78 Å². The molecule has 9 N–H and O–H groups in total. The third-order valence-corrected chi connectivity index (χ3v) is 1.67. The van der Waals surface area contributed by atoms with E-state index in [2.05, 4.69) is 0 Å². The van der Waals surface area contributed by atoms with Gasteiger partial charge in [0.2, 0.25) is 0 Å². The lowest BCUT2D eigenvalue weighted by Crippen LogP contribution is -2.48.